The summed E-state index contributed by atoms with van der Waals surface area (Å²) in [6.07, 6.45) is 5.21. The molecule has 1 amide bonds. The molecule has 0 radical (unpaired) electrons. The van der Waals surface area contributed by atoms with E-state index in [4.69, 9.17) is 4.99 Å². The number of carbonyl (C=O) groups is 2. The molecule has 1 fully saturated rings. The second kappa shape index (κ2) is 8.85. The van der Waals surface area contributed by atoms with Crippen LogP contribution in [-0.2, 0) is 4.79 Å². The maximum Gasteiger partial charge on any atom is 0.275 e. The second-order valence-corrected chi connectivity index (χ2v) is 10.5. The molecule has 0 bridgehead atoms. The Hall–Kier alpha value is -2.82. The fourth-order valence-electron chi connectivity index (χ4n) is 5.50. The summed E-state index contributed by atoms with van der Waals surface area (Å²) in [6, 6.07) is 13.4. The first kappa shape index (κ1) is 23.3. The van der Waals surface area contributed by atoms with Gasteiger partial charge in [0.05, 0.1) is 6.04 Å². The first-order valence-electron chi connectivity index (χ1n) is 11.9. The van der Waals surface area contributed by atoms with Gasteiger partial charge < -0.3 is 4.90 Å². The van der Waals surface area contributed by atoms with Crippen LogP contribution in [0.4, 0.5) is 4.39 Å². The fraction of sp³-hybridized carbons (Fsp3) is 0.464. The van der Waals surface area contributed by atoms with Crippen molar-refractivity contribution >= 4 is 17.9 Å². The van der Waals surface area contributed by atoms with Gasteiger partial charge in [0, 0.05) is 11.1 Å². The Kier molecular flexibility index (Phi) is 6.26. The molecule has 2 aliphatic rings. The smallest absolute Gasteiger partial charge is 0.275 e. The standard InChI is InChI=1S/C28H33FN2O2/c1-5-24(20-8-6-19(18-32)7-9-20)31-26(33)25(21-10-12-23(29)13-11-21)30-28(31)16-14-22(15-17-28)27(2,3)4/h6-13,18,22,24H,5,14-17H2,1-4H3. The minimum Gasteiger partial charge on any atom is -0.305 e. The van der Waals surface area contributed by atoms with Gasteiger partial charge in [-0.05, 0) is 73.3 Å². The predicted octanol–water partition coefficient (Wildman–Crippen LogP) is 6.35. The van der Waals surface area contributed by atoms with Crippen molar-refractivity contribution in [2.24, 2.45) is 16.3 Å². The zero-order chi connectivity index (χ0) is 23.8. The number of aliphatic imine (C=N–C) groups is 1. The highest BCUT2D eigenvalue weighted by Gasteiger charge is 2.52. The van der Waals surface area contributed by atoms with Gasteiger partial charge in [-0.1, -0.05) is 52.0 Å². The summed E-state index contributed by atoms with van der Waals surface area (Å²) < 4.78 is 13.6. The molecular weight excluding hydrogens is 415 g/mol. The molecule has 1 heterocycles. The highest BCUT2D eigenvalue weighted by Crippen LogP contribution is 2.49. The molecule has 0 aromatic heterocycles. The molecule has 1 aliphatic carbocycles. The third kappa shape index (κ3) is 4.38. The fourth-order valence-corrected chi connectivity index (χ4v) is 5.50. The first-order valence-corrected chi connectivity index (χ1v) is 11.9. The molecule has 33 heavy (non-hydrogen) atoms. The van der Waals surface area contributed by atoms with Crippen molar-refractivity contribution in [1.82, 2.24) is 4.90 Å². The van der Waals surface area contributed by atoms with Gasteiger partial charge in [-0.25, -0.2) is 4.39 Å². The van der Waals surface area contributed by atoms with Gasteiger partial charge in [0.15, 0.2) is 0 Å². The molecule has 174 valence electrons. The molecule has 5 heteroatoms. The van der Waals surface area contributed by atoms with E-state index in [-0.39, 0.29) is 23.2 Å². The Balaban J connectivity index is 1.75. The summed E-state index contributed by atoms with van der Waals surface area (Å²) in [4.78, 5) is 32.1. The maximum absolute atomic E-state index is 13.9. The van der Waals surface area contributed by atoms with E-state index in [1.807, 2.05) is 17.0 Å². The Morgan fingerprint density at radius 3 is 2.21 bits per heavy atom. The number of nitrogens with zero attached hydrogens (tertiary/aromatic N) is 2. The molecule has 1 unspecified atom stereocenters. The Labute approximate surface area is 195 Å². The van der Waals surface area contributed by atoms with Crippen molar-refractivity contribution in [2.75, 3.05) is 0 Å². The summed E-state index contributed by atoms with van der Waals surface area (Å²) in [5.41, 5.74) is 2.33. The van der Waals surface area contributed by atoms with Crippen molar-refractivity contribution in [3.8, 4) is 0 Å². The Morgan fingerprint density at radius 1 is 1.09 bits per heavy atom. The van der Waals surface area contributed by atoms with Crippen molar-refractivity contribution in [1.29, 1.82) is 0 Å². The molecule has 1 spiro atoms. The highest BCUT2D eigenvalue weighted by molar-refractivity contribution is 6.46. The molecule has 4 nitrogen and oxygen atoms in total. The van der Waals surface area contributed by atoms with Crippen molar-refractivity contribution in [2.45, 2.75) is 71.5 Å². The summed E-state index contributed by atoms with van der Waals surface area (Å²) in [6.45, 7) is 8.92. The monoisotopic (exact) mass is 448 g/mol. The zero-order valence-electron chi connectivity index (χ0n) is 20.0. The van der Waals surface area contributed by atoms with Crippen LogP contribution in [0.3, 0.4) is 0 Å². The molecular formula is C28H33FN2O2. The van der Waals surface area contributed by atoms with Gasteiger partial charge in [-0.15, -0.1) is 0 Å². The molecule has 0 N–H and O–H groups in total. The van der Waals surface area contributed by atoms with Gasteiger partial charge in [0.1, 0.15) is 23.5 Å². The average molecular weight is 449 g/mol. The third-order valence-corrected chi connectivity index (χ3v) is 7.47. The quantitative estimate of drug-likeness (QED) is 0.500. The van der Waals surface area contributed by atoms with Crippen molar-refractivity contribution in [3.63, 3.8) is 0 Å². The number of hydrogen-bond acceptors (Lipinski definition) is 3. The molecule has 0 saturated heterocycles. The zero-order valence-corrected chi connectivity index (χ0v) is 20.0. The normalized spacial score (nSPS) is 24.2. The number of rotatable bonds is 5. The molecule has 4 rings (SSSR count). The molecule has 1 aliphatic heterocycles. The maximum atomic E-state index is 13.9. The minimum atomic E-state index is -0.591. The Morgan fingerprint density at radius 2 is 1.70 bits per heavy atom. The van der Waals surface area contributed by atoms with Gasteiger partial charge in [-0.3, -0.25) is 14.6 Å². The van der Waals surface area contributed by atoms with Crippen molar-refractivity contribution < 1.29 is 14.0 Å². The lowest BCUT2D eigenvalue weighted by atomic mass is 9.69. The van der Waals surface area contributed by atoms with Gasteiger partial charge in [0.2, 0.25) is 0 Å². The number of aldehydes is 1. The number of halogens is 1. The number of amides is 1. The van der Waals surface area contributed by atoms with Crippen LogP contribution in [0.25, 0.3) is 0 Å². The Bertz CT molecular complexity index is 1040. The van der Waals surface area contributed by atoms with Crippen molar-refractivity contribution in [3.05, 3.63) is 71.0 Å². The predicted molar refractivity (Wildman–Crippen MR) is 129 cm³/mol. The summed E-state index contributed by atoms with van der Waals surface area (Å²) in [7, 11) is 0. The molecule has 1 saturated carbocycles. The summed E-state index contributed by atoms with van der Waals surface area (Å²) >= 11 is 0. The number of benzene rings is 2. The summed E-state index contributed by atoms with van der Waals surface area (Å²) in [5, 5.41) is 0. The lowest BCUT2D eigenvalue weighted by molar-refractivity contribution is -0.133. The van der Waals surface area contributed by atoms with Gasteiger partial charge in [-0.2, -0.15) is 0 Å². The second-order valence-electron chi connectivity index (χ2n) is 10.5. The van der Waals surface area contributed by atoms with Crippen LogP contribution >= 0.6 is 0 Å². The molecule has 2 aromatic rings. The highest BCUT2D eigenvalue weighted by atomic mass is 19.1. The van der Waals surface area contributed by atoms with E-state index in [2.05, 4.69) is 27.7 Å². The van der Waals surface area contributed by atoms with Crippen LogP contribution < -0.4 is 0 Å². The van der Waals surface area contributed by atoms with E-state index < -0.39 is 5.66 Å². The first-order chi connectivity index (χ1) is 15.7. The summed E-state index contributed by atoms with van der Waals surface area (Å²) in [5.74, 6) is 0.156. The lowest BCUT2D eigenvalue weighted by Crippen LogP contribution is -2.51. The van der Waals surface area contributed by atoms with E-state index in [0.29, 0.717) is 22.8 Å². The van der Waals surface area contributed by atoms with Crippen LogP contribution in [0.1, 0.15) is 87.3 Å². The van der Waals surface area contributed by atoms with E-state index in [1.165, 1.54) is 12.1 Å². The van der Waals surface area contributed by atoms with Crippen LogP contribution in [-0.4, -0.2) is 28.5 Å². The van der Waals surface area contributed by atoms with Gasteiger partial charge in [0.25, 0.3) is 5.91 Å². The van der Waals surface area contributed by atoms with Crippen LogP contribution in [0, 0.1) is 17.2 Å². The lowest BCUT2D eigenvalue weighted by Gasteiger charge is -2.47. The van der Waals surface area contributed by atoms with E-state index in [9.17, 15) is 14.0 Å². The van der Waals surface area contributed by atoms with Gasteiger partial charge >= 0.3 is 0 Å². The SMILES string of the molecule is CCC(c1ccc(C=O)cc1)N1C(=O)C(c2ccc(F)cc2)=NC12CCC(C(C)(C)C)CC2. The number of hydrogen-bond donors (Lipinski definition) is 0. The van der Waals surface area contributed by atoms with Crippen LogP contribution in [0.15, 0.2) is 53.5 Å². The topological polar surface area (TPSA) is 49.7 Å². The van der Waals surface area contributed by atoms with E-state index in [0.717, 1.165) is 44.0 Å². The number of carbonyl (C=O) groups excluding carboxylic acids is 2. The van der Waals surface area contributed by atoms with E-state index in [1.54, 1.807) is 24.3 Å². The largest absolute Gasteiger partial charge is 0.305 e. The molecule has 2 aromatic carbocycles. The average Bonchev–Trinajstić information content (AvgIpc) is 3.07. The van der Waals surface area contributed by atoms with Crippen LogP contribution in [0.2, 0.25) is 0 Å². The van der Waals surface area contributed by atoms with E-state index >= 15 is 0 Å². The minimum absolute atomic E-state index is 0.0952. The third-order valence-electron chi connectivity index (χ3n) is 7.47. The van der Waals surface area contributed by atoms with Crippen LogP contribution in [0.5, 0.6) is 0 Å². The molecule has 1 atom stereocenters.